The van der Waals surface area contributed by atoms with Crippen molar-refractivity contribution < 1.29 is 14.6 Å². The highest BCUT2D eigenvalue weighted by molar-refractivity contribution is 5.27. The first-order valence-electron chi connectivity index (χ1n) is 7.96. The smallest absolute Gasteiger partial charge is 0.119 e. The molecule has 1 N–H and O–H groups in total. The molecule has 5 nitrogen and oxygen atoms in total. The first-order chi connectivity index (χ1) is 10.6. The number of hydrogen-bond donors (Lipinski definition) is 1. The molecule has 1 aromatic carbocycles. The van der Waals surface area contributed by atoms with Crippen molar-refractivity contribution in [2.45, 2.75) is 25.6 Å². The van der Waals surface area contributed by atoms with Crippen LogP contribution in [0.15, 0.2) is 24.3 Å². The van der Waals surface area contributed by atoms with E-state index in [0.29, 0.717) is 13.2 Å². The van der Waals surface area contributed by atoms with Crippen LogP contribution in [0.25, 0.3) is 0 Å². The molecule has 1 fully saturated rings. The molecule has 0 amide bonds. The third kappa shape index (κ3) is 4.95. The van der Waals surface area contributed by atoms with Gasteiger partial charge in [-0.3, -0.25) is 4.90 Å². The Labute approximate surface area is 133 Å². The van der Waals surface area contributed by atoms with Crippen LogP contribution < -0.4 is 4.74 Å². The van der Waals surface area contributed by atoms with E-state index >= 15 is 0 Å². The second kappa shape index (κ2) is 8.48. The Morgan fingerprint density at radius 2 is 1.91 bits per heavy atom. The van der Waals surface area contributed by atoms with Crippen molar-refractivity contribution in [3.05, 3.63) is 29.8 Å². The van der Waals surface area contributed by atoms with Gasteiger partial charge in [-0.1, -0.05) is 12.1 Å². The molecule has 0 unspecified atom stereocenters. The number of β-amino-alcohol motifs (C(OH)–C–C–N with tert-alkyl or cyclic N) is 1. The van der Waals surface area contributed by atoms with E-state index in [9.17, 15) is 5.11 Å². The van der Waals surface area contributed by atoms with Gasteiger partial charge in [0.1, 0.15) is 12.4 Å². The first-order valence-corrected chi connectivity index (χ1v) is 7.96. The van der Waals surface area contributed by atoms with Crippen molar-refractivity contribution in [3.8, 4) is 5.75 Å². The van der Waals surface area contributed by atoms with E-state index in [1.54, 1.807) is 0 Å². The van der Waals surface area contributed by atoms with Crippen LogP contribution in [-0.4, -0.2) is 74.1 Å². The topological polar surface area (TPSA) is 45.2 Å². The zero-order valence-corrected chi connectivity index (χ0v) is 13.9. The fourth-order valence-corrected chi connectivity index (χ4v) is 2.80. The molecule has 1 saturated heterocycles. The molecule has 0 saturated carbocycles. The summed E-state index contributed by atoms with van der Waals surface area (Å²) in [4.78, 5) is 4.39. The fourth-order valence-electron chi connectivity index (χ4n) is 2.80. The highest BCUT2D eigenvalue weighted by Gasteiger charge is 2.32. The summed E-state index contributed by atoms with van der Waals surface area (Å²) in [5, 5.41) is 10.1. The summed E-state index contributed by atoms with van der Waals surface area (Å²) in [6.45, 7) is 6.39. The van der Waals surface area contributed by atoms with E-state index in [-0.39, 0.29) is 12.1 Å². The average molecular weight is 308 g/mol. The van der Waals surface area contributed by atoms with E-state index in [4.69, 9.17) is 9.47 Å². The monoisotopic (exact) mass is 308 g/mol. The van der Waals surface area contributed by atoms with Gasteiger partial charge in [0.25, 0.3) is 0 Å². The standard InChI is InChI=1S/C17H28N2O3/c1-4-21-9-10-22-15-7-5-14(6-8-15)11-19-12-16(18(2)3)17(20)13-19/h5-8,16-17,20H,4,9-13H2,1-3H3/t16-,17-/m0/s1. The zero-order valence-electron chi connectivity index (χ0n) is 13.9. The van der Waals surface area contributed by atoms with E-state index in [0.717, 1.165) is 32.0 Å². The summed E-state index contributed by atoms with van der Waals surface area (Å²) in [7, 11) is 4.04. The molecule has 1 aromatic rings. The van der Waals surface area contributed by atoms with Gasteiger partial charge in [0.05, 0.1) is 12.7 Å². The van der Waals surface area contributed by atoms with Crippen molar-refractivity contribution in [1.29, 1.82) is 0 Å². The molecule has 0 bridgehead atoms. The highest BCUT2D eigenvalue weighted by atomic mass is 16.5. The number of likely N-dealkylation sites (N-methyl/N-ethyl adjacent to an activating group) is 1. The second-order valence-electron chi connectivity index (χ2n) is 5.98. The van der Waals surface area contributed by atoms with Crippen LogP contribution in [0.1, 0.15) is 12.5 Å². The van der Waals surface area contributed by atoms with Gasteiger partial charge in [-0.2, -0.15) is 0 Å². The molecule has 2 atom stereocenters. The molecule has 0 radical (unpaired) electrons. The maximum Gasteiger partial charge on any atom is 0.119 e. The lowest BCUT2D eigenvalue weighted by Gasteiger charge is -2.21. The molecular formula is C17H28N2O3. The van der Waals surface area contributed by atoms with Crippen molar-refractivity contribution in [2.75, 3.05) is 47.0 Å². The largest absolute Gasteiger partial charge is 0.491 e. The number of hydrogen-bond acceptors (Lipinski definition) is 5. The lowest BCUT2D eigenvalue weighted by atomic mass is 10.2. The zero-order chi connectivity index (χ0) is 15.9. The minimum Gasteiger partial charge on any atom is -0.491 e. The van der Waals surface area contributed by atoms with Gasteiger partial charge in [0.15, 0.2) is 0 Å². The Bertz CT molecular complexity index is 436. The molecule has 1 aliphatic rings. The Morgan fingerprint density at radius 3 is 2.50 bits per heavy atom. The lowest BCUT2D eigenvalue weighted by molar-refractivity contribution is 0.110. The highest BCUT2D eigenvalue weighted by Crippen LogP contribution is 2.19. The number of likely N-dealkylation sites (tertiary alicyclic amines) is 1. The second-order valence-corrected chi connectivity index (χ2v) is 5.98. The van der Waals surface area contributed by atoms with Crippen LogP contribution in [-0.2, 0) is 11.3 Å². The molecule has 124 valence electrons. The van der Waals surface area contributed by atoms with Crippen LogP contribution in [0.2, 0.25) is 0 Å². The molecule has 0 aromatic heterocycles. The third-order valence-electron chi connectivity index (χ3n) is 4.03. The molecule has 1 heterocycles. The van der Waals surface area contributed by atoms with Crippen molar-refractivity contribution in [1.82, 2.24) is 9.80 Å². The Morgan fingerprint density at radius 1 is 1.18 bits per heavy atom. The molecule has 0 aliphatic carbocycles. The van der Waals surface area contributed by atoms with Crippen LogP contribution >= 0.6 is 0 Å². The summed E-state index contributed by atoms with van der Waals surface area (Å²) >= 11 is 0. The van der Waals surface area contributed by atoms with Crippen molar-refractivity contribution >= 4 is 0 Å². The van der Waals surface area contributed by atoms with Gasteiger partial charge in [-0.25, -0.2) is 0 Å². The molecule has 1 aliphatic heterocycles. The van der Waals surface area contributed by atoms with Crippen molar-refractivity contribution in [3.63, 3.8) is 0 Å². The Balaban J connectivity index is 1.79. The first kappa shape index (κ1) is 17.2. The molecule has 5 heteroatoms. The van der Waals surface area contributed by atoms with E-state index < -0.39 is 0 Å². The molecule has 22 heavy (non-hydrogen) atoms. The van der Waals surface area contributed by atoms with Gasteiger partial charge < -0.3 is 19.5 Å². The van der Waals surface area contributed by atoms with Crippen LogP contribution in [0.3, 0.4) is 0 Å². The predicted molar refractivity (Wildman–Crippen MR) is 87.2 cm³/mol. The van der Waals surface area contributed by atoms with Gasteiger partial charge >= 0.3 is 0 Å². The summed E-state index contributed by atoms with van der Waals surface area (Å²) in [5.74, 6) is 0.871. The minimum atomic E-state index is -0.267. The number of aliphatic hydroxyl groups is 1. The van der Waals surface area contributed by atoms with Crippen LogP contribution in [0, 0.1) is 0 Å². The number of benzene rings is 1. The number of aliphatic hydroxyl groups excluding tert-OH is 1. The van der Waals surface area contributed by atoms with Gasteiger partial charge in [0.2, 0.25) is 0 Å². The maximum absolute atomic E-state index is 10.1. The Kier molecular flexibility index (Phi) is 6.64. The van der Waals surface area contributed by atoms with Crippen molar-refractivity contribution in [2.24, 2.45) is 0 Å². The normalized spacial score (nSPS) is 22.4. The number of rotatable bonds is 8. The average Bonchev–Trinajstić information content (AvgIpc) is 2.86. The summed E-state index contributed by atoms with van der Waals surface area (Å²) in [6.07, 6.45) is -0.267. The Hall–Kier alpha value is -1.14. The van der Waals surface area contributed by atoms with Gasteiger partial charge in [-0.05, 0) is 38.7 Å². The minimum absolute atomic E-state index is 0.223. The quantitative estimate of drug-likeness (QED) is 0.731. The third-order valence-corrected chi connectivity index (χ3v) is 4.03. The summed E-state index contributed by atoms with van der Waals surface area (Å²) in [5.41, 5.74) is 1.24. The van der Waals surface area contributed by atoms with E-state index in [1.807, 2.05) is 33.2 Å². The SMILES string of the molecule is CCOCCOc1ccc(CN2C[C@H](O)[C@@H](N(C)C)C2)cc1. The lowest BCUT2D eigenvalue weighted by Crippen LogP contribution is -2.37. The van der Waals surface area contributed by atoms with Gasteiger partial charge in [0, 0.05) is 32.3 Å². The van der Waals surface area contributed by atoms with Crippen LogP contribution in [0.5, 0.6) is 5.75 Å². The molecule has 2 rings (SSSR count). The molecule has 0 spiro atoms. The van der Waals surface area contributed by atoms with Crippen LogP contribution in [0.4, 0.5) is 0 Å². The fraction of sp³-hybridized carbons (Fsp3) is 0.647. The predicted octanol–water partition coefficient (Wildman–Crippen LogP) is 1.21. The van der Waals surface area contributed by atoms with Gasteiger partial charge in [-0.15, -0.1) is 0 Å². The maximum atomic E-state index is 10.1. The number of ether oxygens (including phenoxy) is 2. The van der Waals surface area contributed by atoms with E-state index in [1.165, 1.54) is 5.56 Å². The summed E-state index contributed by atoms with van der Waals surface area (Å²) < 4.78 is 10.9. The number of nitrogens with zero attached hydrogens (tertiary/aromatic N) is 2. The molecular weight excluding hydrogens is 280 g/mol. The summed E-state index contributed by atoms with van der Waals surface area (Å²) in [6, 6.07) is 8.40. The van der Waals surface area contributed by atoms with E-state index in [2.05, 4.69) is 21.9 Å².